The van der Waals surface area contributed by atoms with Crippen LogP contribution in [0.15, 0.2) is 6.20 Å². The first-order valence-corrected chi connectivity index (χ1v) is 4.97. The Morgan fingerprint density at radius 3 is 2.62 bits per heavy atom. The molecule has 0 aromatic carbocycles. The monoisotopic (exact) mass is 226 g/mol. The summed E-state index contributed by atoms with van der Waals surface area (Å²) in [7, 11) is 0. The van der Waals surface area contributed by atoms with Crippen LogP contribution in [0.3, 0.4) is 0 Å². The van der Waals surface area contributed by atoms with Crippen LogP contribution >= 0.6 is 0 Å². The fourth-order valence-electron chi connectivity index (χ4n) is 1.27. The number of esters is 1. The van der Waals surface area contributed by atoms with Gasteiger partial charge in [0.15, 0.2) is 5.69 Å². The van der Waals surface area contributed by atoms with Crippen LogP contribution in [0.5, 0.6) is 0 Å². The standard InChI is InChI=1S/C10H14N2O4/c1-4-12-8(10(15)16-6(2)3)7(5-11-12)9(13)14/h5-6H,4H2,1-3H3,(H,13,14). The number of ether oxygens (including phenoxy) is 1. The molecule has 16 heavy (non-hydrogen) atoms. The Hall–Kier alpha value is -1.85. The molecular weight excluding hydrogens is 212 g/mol. The van der Waals surface area contributed by atoms with Gasteiger partial charge in [0, 0.05) is 6.54 Å². The van der Waals surface area contributed by atoms with E-state index in [4.69, 9.17) is 9.84 Å². The molecule has 1 aromatic heterocycles. The SMILES string of the molecule is CCn1ncc(C(=O)O)c1C(=O)OC(C)C. The Morgan fingerprint density at radius 2 is 2.19 bits per heavy atom. The van der Waals surface area contributed by atoms with Crippen LogP contribution in [-0.2, 0) is 11.3 Å². The van der Waals surface area contributed by atoms with Crippen molar-refractivity contribution in [1.29, 1.82) is 0 Å². The Morgan fingerprint density at radius 1 is 1.56 bits per heavy atom. The van der Waals surface area contributed by atoms with Crippen LogP contribution in [0.2, 0.25) is 0 Å². The van der Waals surface area contributed by atoms with Crippen molar-refractivity contribution in [3.63, 3.8) is 0 Å². The van der Waals surface area contributed by atoms with Gasteiger partial charge in [-0.1, -0.05) is 0 Å². The van der Waals surface area contributed by atoms with E-state index >= 15 is 0 Å². The topological polar surface area (TPSA) is 81.4 Å². The smallest absolute Gasteiger partial charge is 0.357 e. The summed E-state index contributed by atoms with van der Waals surface area (Å²) in [5.74, 6) is -1.85. The van der Waals surface area contributed by atoms with Gasteiger partial charge >= 0.3 is 11.9 Å². The third-order valence-electron chi connectivity index (χ3n) is 1.91. The van der Waals surface area contributed by atoms with Gasteiger partial charge in [0.05, 0.1) is 12.3 Å². The lowest BCUT2D eigenvalue weighted by Crippen LogP contribution is -2.19. The van der Waals surface area contributed by atoms with Crippen LogP contribution in [0.1, 0.15) is 41.6 Å². The van der Waals surface area contributed by atoms with Crippen molar-refractivity contribution in [3.8, 4) is 0 Å². The minimum Gasteiger partial charge on any atom is -0.478 e. The second-order valence-corrected chi connectivity index (χ2v) is 3.48. The van der Waals surface area contributed by atoms with Gasteiger partial charge in [0.25, 0.3) is 0 Å². The summed E-state index contributed by atoms with van der Waals surface area (Å²) in [4.78, 5) is 22.6. The van der Waals surface area contributed by atoms with Crippen molar-refractivity contribution in [2.24, 2.45) is 0 Å². The van der Waals surface area contributed by atoms with Crippen molar-refractivity contribution in [2.45, 2.75) is 33.4 Å². The second-order valence-electron chi connectivity index (χ2n) is 3.48. The summed E-state index contributed by atoms with van der Waals surface area (Å²) in [6.07, 6.45) is 0.859. The molecule has 1 aromatic rings. The normalized spacial score (nSPS) is 10.5. The number of rotatable bonds is 4. The summed E-state index contributed by atoms with van der Waals surface area (Å²) < 4.78 is 6.28. The molecule has 1 heterocycles. The van der Waals surface area contributed by atoms with E-state index in [0.717, 1.165) is 6.20 Å². The molecule has 88 valence electrons. The van der Waals surface area contributed by atoms with Gasteiger partial charge in [-0.3, -0.25) is 4.68 Å². The first-order chi connectivity index (χ1) is 7.47. The number of aromatic carboxylic acids is 1. The molecule has 0 saturated carbocycles. The Kier molecular flexibility index (Phi) is 3.65. The van der Waals surface area contributed by atoms with Gasteiger partial charge in [-0.2, -0.15) is 5.10 Å². The van der Waals surface area contributed by atoms with E-state index in [1.54, 1.807) is 20.8 Å². The molecule has 0 atom stereocenters. The minimum atomic E-state index is -1.18. The van der Waals surface area contributed by atoms with Crippen molar-refractivity contribution in [1.82, 2.24) is 9.78 Å². The maximum atomic E-state index is 11.7. The molecule has 0 unspecified atom stereocenters. The van der Waals surface area contributed by atoms with Crippen molar-refractivity contribution in [3.05, 3.63) is 17.5 Å². The predicted molar refractivity (Wildman–Crippen MR) is 55.4 cm³/mol. The predicted octanol–water partition coefficient (Wildman–Crippen LogP) is 1.17. The molecule has 0 saturated heterocycles. The Bertz CT molecular complexity index is 409. The lowest BCUT2D eigenvalue weighted by molar-refractivity contribution is 0.0356. The van der Waals surface area contributed by atoms with Gasteiger partial charge in [-0.15, -0.1) is 0 Å². The molecule has 0 amide bonds. The molecule has 0 aliphatic heterocycles. The number of aryl methyl sites for hydroxylation is 1. The van der Waals surface area contributed by atoms with E-state index in [1.807, 2.05) is 0 Å². The van der Waals surface area contributed by atoms with Crippen molar-refractivity contribution < 1.29 is 19.4 Å². The van der Waals surface area contributed by atoms with E-state index in [9.17, 15) is 9.59 Å². The molecule has 1 N–H and O–H groups in total. The van der Waals surface area contributed by atoms with Crippen molar-refractivity contribution >= 4 is 11.9 Å². The lowest BCUT2D eigenvalue weighted by Gasteiger charge is -2.09. The highest BCUT2D eigenvalue weighted by molar-refractivity contribution is 6.01. The highest BCUT2D eigenvalue weighted by Gasteiger charge is 2.24. The molecule has 0 spiro atoms. The van der Waals surface area contributed by atoms with Gasteiger partial charge < -0.3 is 9.84 Å². The van der Waals surface area contributed by atoms with Gasteiger partial charge in [0.1, 0.15) is 5.56 Å². The van der Waals surface area contributed by atoms with E-state index < -0.39 is 11.9 Å². The zero-order chi connectivity index (χ0) is 12.3. The number of carboxylic acids is 1. The molecule has 1 rings (SSSR count). The number of hydrogen-bond donors (Lipinski definition) is 1. The highest BCUT2D eigenvalue weighted by Crippen LogP contribution is 2.11. The zero-order valence-electron chi connectivity index (χ0n) is 9.43. The molecule has 6 heteroatoms. The second kappa shape index (κ2) is 4.78. The lowest BCUT2D eigenvalue weighted by atomic mass is 10.2. The Labute approximate surface area is 92.8 Å². The maximum Gasteiger partial charge on any atom is 0.357 e. The summed E-state index contributed by atoms with van der Waals surface area (Å²) in [6.45, 7) is 5.58. The van der Waals surface area contributed by atoms with Gasteiger partial charge in [0.2, 0.25) is 0 Å². The van der Waals surface area contributed by atoms with Crippen LogP contribution in [-0.4, -0.2) is 32.9 Å². The molecule has 0 aliphatic carbocycles. The van der Waals surface area contributed by atoms with Gasteiger partial charge in [-0.05, 0) is 20.8 Å². The maximum absolute atomic E-state index is 11.7. The van der Waals surface area contributed by atoms with E-state index in [0.29, 0.717) is 6.54 Å². The number of carbonyl (C=O) groups excluding carboxylic acids is 1. The highest BCUT2D eigenvalue weighted by atomic mass is 16.5. The number of aromatic nitrogens is 2. The van der Waals surface area contributed by atoms with E-state index in [1.165, 1.54) is 4.68 Å². The number of carboxylic acid groups (broad SMARTS) is 1. The molecule has 0 bridgehead atoms. The fourth-order valence-corrected chi connectivity index (χ4v) is 1.27. The summed E-state index contributed by atoms with van der Waals surface area (Å²) >= 11 is 0. The number of nitrogens with zero attached hydrogens (tertiary/aromatic N) is 2. The summed E-state index contributed by atoms with van der Waals surface area (Å²) in [5, 5.41) is 12.7. The molecular formula is C10H14N2O4. The quantitative estimate of drug-likeness (QED) is 0.779. The first-order valence-electron chi connectivity index (χ1n) is 4.97. The van der Waals surface area contributed by atoms with Crippen LogP contribution in [0.4, 0.5) is 0 Å². The molecule has 6 nitrogen and oxygen atoms in total. The van der Waals surface area contributed by atoms with Crippen LogP contribution in [0.25, 0.3) is 0 Å². The zero-order valence-corrected chi connectivity index (χ0v) is 9.43. The minimum absolute atomic E-state index is 0.0105. The third-order valence-corrected chi connectivity index (χ3v) is 1.91. The molecule has 0 aliphatic rings. The summed E-state index contributed by atoms with van der Waals surface area (Å²) in [5.41, 5.74) is -0.142. The molecule has 0 fully saturated rings. The van der Waals surface area contributed by atoms with Crippen LogP contribution in [0, 0.1) is 0 Å². The third kappa shape index (κ3) is 2.39. The van der Waals surface area contributed by atoms with E-state index in [-0.39, 0.29) is 17.4 Å². The average Bonchev–Trinajstić information content (AvgIpc) is 2.59. The van der Waals surface area contributed by atoms with Gasteiger partial charge in [-0.25, -0.2) is 9.59 Å². The number of carbonyl (C=O) groups is 2. The molecule has 0 radical (unpaired) electrons. The number of hydrogen-bond acceptors (Lipinski definition) is 4. The first kappa shape index (κ1) is 12.2. The van der Waals surface area contributed by atoms with E-state index in [2.05, 4.69) is 5.10 Å². The largest absolute Gasteiger partial charge is 0.478 e. The fraction of sp³-hybridized carbons (Fsp3) is 0.500. The average molecular weight is 226 g/mol. The Balaban J connectivity index is 3.12. The van der Waals surface area contributed by atoms with Crippen molar-refractivity contribution in [2.75, 3.05) is 0 Å². The summed E-state index contributed by atoms with van der Waals surface area (Å²) in [6, 6.07) is 0. The van der Waals surface area contributed by atoms with Crippen LogP contribution < -0.4 is 0 Å².